The largest absolute Gasteiger partial charge is 0.469 e. The summed E-state index contributed by atoms with van der Waals surface area (Å²) >= 11 is 7.54. The zero-order valence-electron chi connectivity index (χ0n) is 16.6. The van der Waals surface area contributed by atoms with Gasteiger partial charge in [0.15, 0.2) is 0 Å². The minimum absolute atomic E-state index is 0.0417. The highest BCUT2D eigenvalue weighted by molar-refractivity contribution is 7.97. The number of ether oxygens (including phenoxy) is 1. The Morgan fingerprint density at radius 2 is 1.90 bits per heavy atom. The lowest BCUT2D eigenvalue weighted by Crippen LogP contribution is -2.62. The Morgan fingerprint density at radius 3 is 2.52 bits per heavy atom. The van der Waals surface area contributed by atoms with Gasteiger partial charge in [0, 0.05) is 16.0 Å². The van der Waals surface area contributed by atoms with Gasteiger partial charge < -0.3 is 10.1 Å². The predicted octanol–water partition coefficient (Wildman–Crippen LogP) is 3.95. The Bertz CT molecular complexity index is 827. The van der Waals surface area contributed by atoms with E-state index in [0.29, 0.717) is 22.8 Å². The number of halogens is 1. The second-order valence-electron chi connectivity index (χ2n) is 9.48. The van der Waals surface area contributed by atoms with Crippen LogP contribution in [0.5, 0.6) is 0 Å². The summed E-state index contributed by atoms with van der Waals surface area (Å²) in [5.74, 6) is 1.45. The molecule has 5 aliphatic carbocycles. The summed E-state index contributed by atoms with van der Waals surface area (Å²) in [4.78, 5) is 26.7. The van der Waals surface area contributed by atoms with E-state index in [1.807, 2.05) is 24.3 Å². The van der Waals surface area contributed by atoms with E-state index in [-0.39, 0.29) is 23.3 Å². The zero-order valence-corrected chi connectivity index (χ0v) is 18.2. The van der Waals surface area contributed by atoms with Crippen LogP contribution in [0.2, 0.25) is 5.02 Å². The second-order valence-corrected chi connectivity index (χ2v) is 10.8. The molecule has 5 aliphatic rings. The first-order valence-electron chi connectivity index (χ1n) is 10.5. The SMILES string of the molecule is COC(=O)C12CC3CC(C1)C(NC(=O)C1(NSc4cccc(Cl)c4)CC1)C(C3)C2. The monoisotopic (exact) mass is 434 g/mol. The maximum absolute atomic E-state index is 13.2. The maximum Gasteiger partial charge on any atom is 0.311 e. The van der Waals surface area contributed by atoms with Gasteiger partial charge in [-0.1, -0.05) is 17.7 Å². The molecule has 2 N–H and O–H groups in total. The van der Waals surface area contributed by atoms with Crippen LogP contribution in [0.4, 0.5) is 0 Å². The average Bonchev–Trinajstić information content (AvgIpc) is 3.49. The molecule has 5 fully saturated rings. The Balaban J connectivity index is 1.24. The van der Waals surface area contributed by atoms with Crippen LogP contribution in [-0.2, 0) is 14.3 Å². The summed E-state index contributed by atoms with van der Waals surface area (Å²) in [6.07, 6.45) is 6.63. The van der Waals surface area contributed by atoms with E-state index in [0.717, 1.165) is 49.8 Å². The average molecular weight is 435 g/mol. The molecule has 0 saturated heterocycles. The van der Waals surface area contributed by atoms with E-state index in [1.165, 1.54) is 19.1 Å². The van der Waals surface area contributed by atoms with E-state index in [4.69, 9.17) is 16.3 Å². The van der Waals surface area contributed by atoms with Crippen molar-refractivity contribution in [3.63, 3.8) is 0 Å². The van der Waals surface area contributed by atoms with Gasteiger partial charge in [0.1, 0.15) is 5.54 Å². The highest BCUT2D eigenvalue weighted by Gasteiger charge is 2.60. The quantitative estimate of drug-likeness (QED) is 0.524. The minimum Gasteiger partial charge on any atom is -0.469 e. The number of methoxy groups -OCH3 is 1. The molecule has 0 radical (unpaired) electrons. The normalized spacial score (nSPS) is 35.9. The summed E-state index contributed by atoms with van der Waals surface area (Å²) in [6.45, 7) is 0. The summed E-state index contributed by atoms with van der Waals surface area (Å²) in [6, 6.07) is 7.84. The fourth-order valence-electron chi connectivity index (χ4n) is 6.20. The zero-order chi connectivity index (χ0) is 20.2. The molecule has 2 unspecified atom stereocenters. The molecule has 4 bridgehead atoms. The molecule has 1 aromatic carbocycles. The summed E-state index contributed by atoms with van der Waals surface area (Å²) < 4.78 is 8.54. The third-order valence-corrected chi connectivity index (χ3v) is 8.75. The van der Waals surface area contributed by atoms with Crippen LogP contribution in [0.1, 0.15) is 44.9 Å². The first-order chi connectivity index (χ1) is 13.9. The second kappa shape index (κ2) is 7.17. The Morgan fingerprint density at radius 1 is 1.17 bits per heavy atom. The van der Waals surface area contributed by atoms with Crippen molar-refractivity contribution < 1.29 is 14.3 Å². The van der Waals surface area contributed by atoms with E-state index in [1.54, 1.807) is 0 Å². The molecular formula is C22H27ClN2O3S. The molecule has 2 atom stereocenters. The first-order valence-corrected chi connectivity index (χ1v) is 11.7. The van der Waals surface area contributed by atoms with Gasteiger partial charge in [-0.05, 0) is 92.8 Å². The van der Waals surface area contributed by atoms with Crippen LogP contribution in [0.15, 0.2) is 29.2 Å². The maximum atomic E-state index is 13.2. The number of nitrogens with one attached hydrogen (secondary N) is 2. The van der Waals surface area contributed by atoms with Crippen molar-refractivity contribution in [3.8, 4) is 0 Å². The third kappa shape index (κ3) is 3.47. The summed E-state index contributed by atoms with van der Waals surface area (Å²) in [5.41, 5.74) is -0.786. The van der Waals surface area contributed by atoms with Crippen molar-refractivity contribution in [3.05, 3.63) is 29.3 Å². The van der Waals surface area contributed by atoms with Gasteiger partial charge in [0.25, 0.3) is 0 Å². The molecule has 156 valence electrons. The molecule has 0 heterocycles. The predicted molar refractivity (Wildman–Crippen MR) is 112 cm³/mol. The van der Waals surface area contributed by atoms with Crippen molar-refractivity contribution in [2.24, 2.45) is 23.2 Å². The van der Waals surface area contributed by atoms with Crippen molar-refractivity contribution in [1.29, 1.82) is 0 Å². The lowest BCUT2D eigenvalue weighted by atomic mass is 9.48. The number of carbonyl (C=O) groups is 2. The molecule has 29 heavy (non-hydrogen) atoms. The summed E-state index contributed by atoms with van der Waals surface area (Å²) in [5, 5.41) is 4.09. The number of esters is 1. The lowest BCUT2D eigenvalue weighted by molar-refractivity contribution is -0.171. The first kappa shape index (κ1) is 19.7. The van der Waals surface area contributed by atoms with E-state index >= 15 is 0 Å². The molecule has 0 aliphatic heterocycles. The van der Waals surface area contributed by atoms with Crippen LogP contribution in [0.3, 0.4) is 0 Å². The molecular weight excluding hydrogens is 408 g/mol. The molecule has 1 amide bonds. The van der Waals surface area contributed by atoms with Crippen molar-refractivity contribution >= 4 is 35.4 Å². The fourth-order valence-corrected chi connectivity index (χ4v) is 7.40. The van der Waals surface area contributed by atoms with Crippen molar-refractivity contribution in [2.45, 2.75) is 61.4 Å². The van der Waals surface area contributed by atoms with Gasteiger partial charge in [-0.2, -0.15) is 0 Å². The van der Waals surface area contributed by atoms with Gasteiger partial charge in [-0.15, -0.1) is 0 Å². The molecule has 0 spiro atoms. The Hall–Kier alpha value is -1.24. The van der Waals surface area contributed by atoms with Crippen LogP contribution in [0, 0.1) is 23.2 Å². The number of hydrogen-bond acceptors (Lipinski definition) is 5. The minimum atomic E-state index is -0.484. The van der Waals surface area contributed by atoms with Crippen LogP contribution in [0.25, 0.3) is 0 Å². The highest BCUT2D eigenvalue weighted by atomic mass is 35.5. The molecule has 5 nitrogen and oxygen atoms in total. The smallest absolute Gasteiger partial charge is 0.311 e. The topological polar surface area (TPSA) is 67.4 Å². The molecule has 6 rings (SSSR count). The van der Waals surface area contributed by atoms with Crippen LogP contribution in [-0.4, -0.2) is 30.6 Å². The van der Waals surface area contributed by atoms with E-state index < -0.39 is 5.54 Å². The van der Waals surface area contributed by atoms with Gasteiger partial charge in [0.05, 0.1) is 12.5 Å². The number of rotatable bonds is 6. The van der Waals surface area contributed by atoms with Gasteiger partial charge >= 0.3 is 5.97 Å². The van der Waals surface area contributed by atoms with E-state index in [9.17, 15) is 9.59 Å². The van der Waals surface area contributed by atoms with E-state index in [2.05, 4.69) is 10.0 Å². The fraction of sp³-hybridized carbons (Fsp3) is 0.636. The summed E-state index contributed by atoms with van der Waals surface area (Å²) in [7, 11) is 1.50. The van der Waals surface area contributed by atoms with Crippen molar-refractivity contribution in [2.75, 3.05) is 7.11 Å². The van der Waals surface area contributed by atoms with Gasteiger partial charge in [0.2, 0.25) is 5.91 Å². The Labute approximate surface area is 180 Å². The standard InChI is InChI=1S/C22H27ClN2O3S/c1-28-20(27)21-10-13-7-14(11-21)18(15(8-13)12-21)24-19(26)22(5-6-22)25-29-17-4-2-3-16(23)9-17/h2-4,9,13-15,18,25H,5-8,10-12H2,1H3,(H,24,26). The molecule has 7 heteroatoms. The van der Waals surface area contributed by atoms with Crippen LogP contribution < -0.4 is 10.0 Å². The number of amides is 1. The number of benzene rings is 1. The number of hydrogen-bond donors (Lipinski definition) is 2. The molecule has 1 aromatic rings. The lowest BCUT2D eigenvalue weighted by Gasteiger charge is -2.58. The van der Waals surface area contributed by atoms with Gasteiger partial charge in [-0.25, -0.2) is 4.72 Å². The van der Waals surface area contributed by atoms with Crippen LogP contribution >= 0.6 is 23.5 Å². The number of carbonyl (C=O) groups excluding carboxylic acids is 2. The third-order valence-electron chi connectivity index (χ3n) is 7.53. The van der Waals surface area contributed by atoms with Gasteiger partial charge in [-0.3, -0.25) is 9.59 Å². The molecule has 0 aromatic heterocycles. The molecule has 5 saturated carbocycles. The Kier molecular flexibility index (Phi) is 4.87. The van der Waals surface area contributed by atoms with Crippen molar-refractivity contribution in [1.82, 2.24) is 10.0 Å². The highest BCUT2D eigenvalue weighted by Crippen LogP contribution is 2.60.